The third-order valence-electron chi connectivity index (χ3n) is 3.90. The fourth-order valence-electron chi connectivity index (χ4n) is 2.55. The van der Waals surface area contributed by atoms with E-state index >= 15 is 0 Å². The molecule has 1 aromatic carbocycles. The van der Waals surface area contributed by atoms with Crippen molar-refractivity contribution in [3.63, 3.8) is 0 Å². The molecular weight excluding hydrogens is 298 g/mol. The van der Waals surface area contributed by atoms with Crippen LogP contribution in [0.5, 0.6) is 0 Å². The normalized spacial score (nSPS) is 14.5. The Kier molecular flexibility index (Phi) is 4.24. The second-order valence-corrected chi connectivity index (χ2v) is 6.25. The van der Waals surface area contributed by atoms with Crippen molar-refractivity contribution < 1.29 is 4.79 Å². The lowest BCUT2D eigenvalue weighted by molar-refractivity contribution is 0.197. The molecule has 7 heteroatoms. The molecule has 6 nitrogen and oxygen atoms in total. The molecule has 0 bridgehead atoms. The number of aromatic nitrogens is 2. The average molecular weight is 317 g/mol. The molecule has 1 aliphatic rings. The molecule has 0 saturated carbocycles. The maximum absolute atomic E-state index is 12.4. The van der Waals surface area contributed by atoms with Crippen molar-refractivity contribution in [2.45, 2.75) is 20.0 Å². The van der Waals surface area contributed by atoms with Gasteiger partial charge in [0.2, 0.25) is 0 Å². The van der Waals surface area contributed by atoms with E-state index in [0.717, 1.165) is 17.1 Å². The summed E-state index contributed by atoms with van der Waals surface area (Å²) in [5, 5.41) is 6.93. The summed E-state index contributed by atoms with van der Waals surface area (Å²) < 4.78 is 3.89. The van der Waals surface area contributed by atoms with E-state index in [1.165, 1.54) is 22.8 Å². The maximum Gasteiger partial charge on any atom is 0.318 e. The van der Waals surface area contributed by atoms with Gasteiger partial charge in [-0.25, -0.2) is 4.79 Å². The largest absolute Gasteiger partial charge is 0.373 e. The Hall–Kier alpha value is -2.15. The molecule has 3 rings (SSSR count). The average Bonchev–Trinajstić information content (AvgIpc) is 2.85. The number of carbonyl (C=O) groups is 1. The molecule has 1 aliphatic heterocycles. The van der Waals surface area contributed by atoms with E-state index in [-0.39, 0.29) is 6.03 Å². The Bertz CT molecular complexity index is 671. The molecular formula is C15H19N5OS. The second-order valence-electron chi connectivity index (χ2n) is 5.41. The summed E-state index contributed by atoms with van der Waals surface area (Å²) in [7, 11) is 2.06. The minimum absolute atomic E-state index is 0.0436. The van der Waals surface area contributed by atoms with Crippen LogP contribution in [-0.2, 0) is 13.1 Å². The Morgan fingerprint density at radius 3 is 2.95 bits per heavy atom. The molecule has 0 atom stereocenters. The van der Waals surface area contributed by atoms with Gasteiger partial charge >= 0.3 is 6.03 Å². The predicted molar refractivity (Wildman–Crippen MR) is 87.0 cm³/mol. The van der Waals surface area contributed by atoms with Crippen molar-refractivity contribution in [3.8, 4) is 0 Å². The fraction of sp³-hybridized carbons (Fsp3) is 0.400. The SMILES string of the molecule is Cc1nnsc1CNC(=O)N1CCN(C)c2ccccc2C1. The van der Waals surface area contributed by atoms with Gasteiger partial charge in [-0.15, -0.1) is 5.10 Å². The summed E-state index contributed by atoms with van der Waals surface area (Å²) in [6.07, 6.45) is 0. The third-order valence-corrected chi connectivity index (χ3v) is 4.73. The first-order valence-corrected chi connectivity index (χ1v) is 8.02. The molecule has 2 amide bonds. The Morgan fingerprint density at radius 2 is 2.18 bits per heavy atom. The number of anilines is 1. The zero-order valence-corrected chi connectivity index (χ0v) is 13.6. The lowest BCUT2D eigenvalue weighted by atomic mass is 10.1. The molecule has 2 heterocycles. The lowest BCUT2D eigenvalue weighted by Crippen LogP contribution is -2.41. The number of amides is 2. The Labute approximate surface area is 133 Å². The standard InChI is InChI=1S/C15H19N5OS/c1-11-14(22-18-17-11)9-16-15(21)20-8-7-19(2)13-6-4-3-5-12(13)10-20/h3-6H,7-10H2,1-2H3,(H,16,21). The van der Waals surface area contributed by atoms with Crippen molar-refractivity contribution in [1.29, 1.82) is 0 Å². The number of likely N-dealkylation sites (N-methyl/N-ethyl adjacent to an activating group) is 1. The first-order chi connectivity index (χ1) is 10.6. The van der Waals surface area contributed by atoms with Gasteiger partial charge in [-0.2, -0.15) is 0 Å². The molecule has 0 spiro atoms. The number of aryl methyl sites for hydroxylation is 1. The van der Waals surface area contributed by atoms with Crippen LogP contribution in [-0.4, -0.2) is 40.7 Å². The Balaban J connectivity index is 1.67. The van der Waals surface area contributed by atoms with Crippen LogP contribution in [0.2, 0.25) is 0 Å². The zero-order chi connectivity index (χ0) is 15.5. The molecule has 0 saturated heterocycles. The van der Waals surface area contributed by atoms with E-state index < -0.39 is 0 Å². The predicted octanol–water partition coefficient (Wildman–Crippen LogP) is 2.01. The monoisotopic (exact) mass is 317 g/mol. The van der Waals surface area contributed by atoms with Crippen LogP contribution in [0.4, 0.5) is 10.5 Å². The molecule has 1 N–H and O–H groups in total. The van der Waals surface area contributed by atoms with Crippen molar-refractivity contribution >= 4 is 23.3 Å². The van der Waals surface area contributed by atoms with Crippen LogP contribution in [0.25, 0.3) is 0 Å². The highest BCUT2D eigenvalue weighted by molar-refractivity contribution is 7.05. The van der Waals surface area contributed by atoms with Gasteiger partial charge in [-0.05, 0) is 30.1 Å². The molecule has 0 fully saturated rings. The number of urea groups is 1. The first kappa shape index (κ1) is 14.8. The van der Waals surface area contributed by atoms with Gasteiger partial charge in [0.25, 0.3) is 0 Å². The summed E-state index contributed by atoms with van der Waals surface area (Å²) in [5.41, 5.74) is 3.25. The quantitative estimate of drug-likeness (QED) is 0.920. The Morgan fingerprint density at radius 1 is 1.36 bits per heavy atom. The third kappa shape index (κ3) is 3.04. The van der Waals surface area contributed by atoms with E-state index in [0.29, 0.717) is 19.6 Å². The highest BCUT2D eigenvalue weighted by Crippen LogP contribution is 2.23. The minimum atomic E-state index is -0.0436. The van der Waals surface area contributed by atoms with E-state index in [4.69, 9.17) is 0 Å². The molecule has 0 aliphatic carbocycles. The molecule has 2 aromatic rings. The van der Waals surface area contributed by atoms with Gasteiger partial charge in [0, 0.05) is 32.4 Å². The van der Waals surface area contributed by atoms with Crippen LogP contribution in [0.1, 0.15) is 16.1 Å². The highest BCUT2D eigenvalue weighted by Gasteiger charge is 2.21. The maximum atomic E-state index is 12.4. The van der Waals surface area contributed by atoms with Crippen molar-refractivity contribution in [2.75, 3.05) is 25.0 Å². The summed E-state index contributed by atoms with van der Waals surface area (Å²) in [5.74, 6) is 0. The number of rotatable bonds is 2. The van der Waals surface area contributed by atoms with Crippen LogP contribution in [0.15, 0.2) is 24.3 Å². The number of carbonyl (C=O) groups excluding carboxylic acids is 1. The van der Waals surface area contributed by atoms with E-state index in [1.54, 1.807) is 0 Å². The summed E-state index contributed by atoms with van der Waals surface area (Å²) in [6, 6.07) is 8.18. The number of hydrogen-bond donors (Lipinski definition) is 1. The topological polar surface area (TPSA) is 61.4 Å². The smallest absolute Gasteiger partial charge is 0.318 e. The van der Waals surface area contributed by atoms with Gasteiger partial charge in [0.1, 0.15) is 0 Å². The van der Waals surface area contributed by atoms with Gasteiger partial charge < -0.3 is 15.1 Å². The molecule has 0 radical (unpaired) electrons. The molecule has 0 unspecified atom stereocenters. The summed E-state index contributed by atoms with van der Waals surface area (Å²) in [6.45, 7) is 4.55. The van der Waals surface area contributed by atoms with Crippen molar-refractivity contribution in [3.05, 3.63) is 40.4 Å². The summed E-state index contributed by atoms with van der Waals surface area (Å²) in [4.78, 5) is 17.5. The first-order valence-electron chi connectivity index (χ1n) is 7.25. The van der Waals surface area contributed by atoms with Crippen LogP contribution >= 0.6 is 11.5 Å². The fourth-order valence-corrected chi connectivity index (χ4v) is 3.12. The number of para-hydroxylation sites is 1. The van der Waals surface area contributed by atoms with Crippen LogP contribution < -0.4 is 10.2 Å². The number of fused-ring (bicyclic) bond motifs is 1. The number of nitrogens with zero attached hydrogens (tertiary/aromatic N) is 4. The highest BCUT2D eigenvalue weighted by atomic mass is 32.1. The lowest BCUT2D eigenvalue weighted by Gasteiger charge is -2.21. The van der Waals surface area contributed by atoms with Gasteiger partial charge in [-0.1, -0.05) is 22.7 Å². The van der Waals surface area contributed by atoms with E-state index in [2.05, 4.69) is 39.0 Å². The van der Waals surface area contributed by atoms with Crippen molar-refractivity contribution in [2.24, 2.45) is 0 Å². The molecule has 22 heavy (non-hydrogen) atoms. The number of nitrogens with one attached hydrogen (secondary N) is 1. The van der Waals surface area contributed by atoms with Gasteiger partial charge in [0.15, 0.2) is 0 Å². The minimum Gasteiger partial charge on any atom is -0.373 e. The van der Waals surface area contributed by atoms with Crippen LogP contribution in [0.3, 0.4) is 0 Å². The number of hydrogen-bond acceptors (Lipinski definition) is 5. The van der Waals surface area contributed by atoms with Crippen LogP contribution in [0, 0.1) is 6.92 Å². The molecule has 1 aromatic heterocycles. The van der Waals surface area contributed by atoms with E-state index in [9.17, 15) is 4.79 Å². The molecule has 116 valence electrons. The van der Waals surface area contributed by atoms with Gasteiger partial charge in [-0.3, -0.25) is 0 Å². The van der Waals surface area contributed by atoms with Crippen molar-refractivity contribution in [1.82, 2.24) is 19.8 Å². The van der Waals surface area contributed by atoms with Gasteiger partial charge in [0.05, 0.1) is 17.1 Å². The zero-order valence-electron chi connectivity index (χ0n) is 12.7. The summed E-state index contributed by atoms with van der Waals surface area (Å²) >= 11 is 1.33. The van der Waals surface area contributed by atoms with E-state index in [1.807, 2.05) is 24.0 Å². The number of benzene rings is 1. The second kappa shape index (κ2) is 6.31.